The van der Waals surface area contributed by atoms with Crippen LogP contribution in [0.4, 0.5) is 5.69 Å². The fourth-order valence-electron chi connectivity index (χ4n) is 2.50. The highest BCUT2D eigenvalue weighted by Crippen LogP contribution is 2.26. The van der Waals surface area contributed by atoms with Gasteiger partial charge in [0.2, 0.25) is 5.91 Å². The zero-order chi connectivity index (χ0) is 15.4. The number of hydrogen-bond acceptors (Lipinski definition) is 3. The van der Waals surface area contributed by atoms with Crippen LogP contribution in [-0.4, -0.2) is 41.0 Å². The molecular formula is C14H16Br2N2O3. The molecule has 0 bridgehead atoms. The molecule has 2 rings (SSSR count). The van der Waals surface area contributed by atoms with E-state index in [0.717, 1.165) is 28.3 Å². The Morgan fingerprint density at radius 1 is 1.38 bits per heavy atom. The minimum atomic E-state index is -0.817. The first-order chi connectivity index (χ1) is 9.95. The number of carboxylic acid groups (broad SMARTS) is 1. The Labute approximate surface area is 140 Å². The maximum Gasteiger partial charge on any atom is 0.304 e. The van der Waals surface area contributed by atoms with Gasteiger partial charge in [-0.25, -0.2) is 0 Å². The van der Waals surface area contributed by atoms with Crippen molar-refractivity contribution in [1.82, 2.24) is 4.90 Å². The van der Waals surface area contributed by atoms with Crippen LogP contribution in [0.15, 0.2) is 27.1 Å². The molecule has 114 valence electrons. The first kappa shape index (κ1) is 16.5. The van der Waals surface area contributed by atoms with E-state index in [2.05, 4.69) is 37.2 Å². The van der Waals surface area contributed by atoms with Crippen molar-refractivity contribution in [2.75, 3.05) is 18.4 Å². The minimum absolute atomic E-state index is 0.0402. The van der Waals surface area contributed by atoms with Crippen molar-refractivity contribution in [3.63, 3.8) is 0 Å². The molecule has 1 atom stereocenters. The Morgan fingerprint density at radius 3 is 2.81 bits per heavy atom. The van der Waals surface area contributed by atoms with Crippen molar-refractivity contribution in [1.29, 1.82) is 0 Å². The molecule has 1 aliphatic heterocycles. The summed E-state index contributed by atoms with van der Waals surface area (Å²) in [5.74, 6) is -0.946. The van der Waals surface area contributed by atoms with Gasteiger partial charge in [0.1, 0.15) is 0 Å². The lowest BCUT2D eigenvalue weighted by Crippen LogP contribution is -2.37. The molecule has 1 aromatic carbocycles. The van der Waals surface area contributed by atoms with Gasteiger partial charge >= 0.3 is 5.97 Å². The fraction of sp³-hybridized carbons (Fsp3) is 0.429. The average molecular weight is 420 g/mol. The van der Waals surface area contributed by atoms with E-state index in [9.17, 15) is 9.59 Å². The number of carboxylic acids is 1. The number of likely N-dealkylation sites (tertiary alicyclic amines) is 1. The number of benzene rings is 1. The number of carbonyl (C=O) groups excluding carboxylic acids is 1. The van der Waals surface area contributed by atoms with E-state index < -0.39 is 5.97 Å². The van der Waals surface area contributed by atoms with Crippen molar-refractivity contribution in [2.45, 2.75) is 25.3 Å². The molecule has 1 saturated heterocycles. The number of hydrogen-bond donors (Lipinski definition) is 2. The third-order valence-electron chi connectivity index (χ3n) is 3.46. The van der Waals surface area contributed by atoms with Crippen LogP contribution in [0.25, 0.3) is 0 Å². The van der Waals surface area contributed by atoms with Gasteiger partial charge in [0, 0.05) is 15.0 Å². The Morgan fingerprint density at radius 2 is 2.14 bits per heavy atom. The predicted octanol–water partition coefficient (Wildman–Crippen LogP) is 3.09. The van der Waals surface area contributed by atoms with Gasteiger partial charge in [-0.15, -0.1) is 0 Å². The second-order valence-electron chi connectivity index (χ2n) is 5.04. The quantitative estimate of drug-likeness (QED) is 0.769. The van der Waals surface area contributed by atoms with Crippen LogP contribution in [0.2, 0.25) is 0 Å². The van der Waals surface area contributed by atoms with E-state index in [1.807, 2.05) is 23.1 Å². The fourth-order valence-corrected chi connectivity index (χ4v) is 3.65. The molecule has 1 heterocycles. The molecule has 1 aliphatic rings. The van der Waals surface area contributed by atoms with Gasteiger partial charge in [-0.1, -0.05) is 15.9 Å². The van der Waals surface area contributed by atoms with Crippen molar-refractivity contribution in [2.24, 2.45) is 0 Å². The molecule has 0 aliphatic carbocycles. The molecule has 0 aromatic heterocycles. The highest BCUT2D eigenvalue weighted by molar-refractivity contribution is 9.11. The van der Waals surface area contributed by atoms with E-state index in [0.29, 0.717) is 5.69 Å². The Kier molecular flexibility index (Phi) is 5.78. The molecule has 1 fully saturated rings. The lowest BCUT2D eigenvalue weighted by Gasteiger charge is -2.22. The number of anilines is 1. The number of carbonyl (C=O) groups is 2. The topological polar surface area (TPSA) is 69.6 Å². The lowest BCUT2D eigenvalue weighted by molar-refractivity contribution is -0.138. The predicted molar refractivity (Wildman–Crippen MR) is 87.3 cm³/mol. The van der Waals surface area contributed by atoms with E-state index in [1.54, 1.807) is 0 Å². The summed E-state index contributed by atoms with van der Waals surface area (Å²) < 4.78 is 1.72. The summed E-state index contributed by atoms with van der Waals surface area (Å²) in [7, 11) is 0. The van der Waals surface area contributed by atoms with Gasteiger partial charge in [0.05, 0.1) is 18.7 Å². The summed E-state index contributed by atoms with van der Waals surface area (Å²) in [5.41, 5.74) is 0.706. The van der Waals surface area contributed by atoms with E-state index >= 15 is 0 Å². The molecule has 1 amide bonds. The molecular weight excluding hydrogens is 404 g/mol. The number of halogens is 2. The van der Waals surface area contributed by atoms with E-state index in [1.165, 1.54) is 0 Å². The second-order valence-corrected chi connectivity index (χ2v) is 6.81. The van der Waals surface area contributed by atoms with Crippen LogP contribution in [0.5, 0.6) is 0 Å². The average Bonchev–Trinajstić information content (AvgIpc) is 2.79. The molecule has 1 aromatic rings. The number of amides is 1. The first-order valence-electron chi connectivity index (χ1n) is 6.66. The highest BCUT2D eigenvalue weighted by Gasteiger charge is 2.28. The SMILES string of the molecule is O=C(O)CC1CCCN1CC(=O)Nc1ccc(Br)cc1Br. The minimum Gasteiger partial charge on any atom is -0.481 e. The van der Waals surface area contributed by atoms with Crippen LogP contribution < -0.4 is 5.32 Å². The van der Waals surface area contributed by atoms with Crippen molar-refractivity contribution in [3.05, 3.63) is 27.1 Å². The number of nitrogens with one attached hydrogen (secondary N) is 1. The normalized spacial score (nSPS) is 18.7. The third-order valence-corrected chi connectivity index (χ3v) is 4.61. The molecule has 7 heteroatoms. The van der Waals surface area contributed by atoms with Crippen molar-refractivity contribution < 1.29 is 14.7 Å². The smallest absolute Gasteiger partial charge is 0.304 e. The third kappa shape index (κ3) is 4.79. The lowest BCUT2D eigenvalue weighted by atomic mass is 10.1. The molecule has 0 spiro atoms. The maximum atomic E-state index is 12.1. The van der Waals surface area contributed by atoms with E-state index in [-0.39, 0.29) is 24.9 Å². The standard InChI is InChI=1S/C14H16Br2N2O3/c15-9-3-4-12(11(16)6-9)17-13(19)8-18-5-1-2-10(18)7-14(20)21/h3-4,6,10H,1-2,5,7-8H2,(H,17,19)(H,20,21). The van der Waals surface area contributed by atoms with E-state index in [4.69, 9.17) is 5.11 Å². The first-order valence-corrected chi connectivity index (χ1v) is 8.25. The van der Waals surface area contributed by atoms with Crippen LogP contribution in [0, 0.1) is 0 Å². The number of nitrogens with zero attached hydrogens (tertiary/aromatic N) is 1. The summed E-state index contributed by atoms with van der Waals surface area (Å²) >= 11 is 6.75. The zero-order valence-electron chi connectivity index (χ0n) is 11.3. The largest absolute Gasteiger partial charge is 0.481 e. The van der Waals surface area contributed by atoms with Gasteiger partial charge in [-0.05, 0) is 53.5 Å². The molecule has 1 unspecified atom stereocenters. The highest BCUT2D eigenvalue weighted by atomic mass is 79.9. The molecule has 0 radical (unpaired) electrons. The van der Waals surface area contributed by atoms with Gasteiger partial charge < -0.3 is 10.4 Å². The summed E-state index contributed by atoms with van der Waals surface area (Å²) in [6.45, 7) is 0.993. The Balaban J connectivity index is 1.93. The summed E-state index contributed by atoms with van der Waals surface area (Å²) in [6, 6.07) is 5.48. The molecule has 2 N–H and O–H groups in total. The summed E-state index contributed by atoms with van der Waals surface area (Å²) in [6.07, 6.45) is 1.87. The van der Waals surface area contributed by atoms with Crippen LogP contribution in [0.3, 0.4) is 0 Å². The second kappa shape index (κ2) is 7.38. The van der Waals surface area contributed by atoms with Crippen LogP contribution in [0.1, 0.15) is 19.3 Å². The van der Waals surface area contributed by atoms with Crippen molar-refractivity contribution >= 4 is 49.4 Å². The van der Waals surface area contributed by atoms with Gasteiger partial charge in [0.25, 0.3) is 0 Å². The number of aliphatic carboxylic acids is 1. The number of rotatable bonds is 5. The Bertz CT molecular complexity index is 551. The van der Waals surface area contributed by atoms with Crippen molar-refractivity contribution in [3.8, 4) is 0 Å². The zero-order valence-corrected chi connectivity index (χ0v) is 14.5. The monoisotopic (exact) mass is 418 g/mol. The van der Waals surface area contributed by atoms with Gasteiger partial charge in [-0.2, -0.15) is 0 Å². The van der Waals surface area contributed by atoms with Gasteiger partial charge in [0.15, 0.2) is 0 Å². The van der Waals surface area contributed by atoms with Gasteiger partial charge in [-0.3, -0.25) is 14.5 Å². The Hall–Kier alpha value is -0.920. The van der Waals surface area contributed by atoms with Crippen LogP contribution in [-0.2, 0) is 9.59 Å². The maximum absolute atomic E-state index is 12.1. The van der Waals surface area contributed by atoms with Crippen LogP contribution >= 0.6 is 31.9 Å². The molecule has 5 nitrogen and oxygen atoms in total. The summed E-state index contributed by atoms with van der Waals surface area (Å²) in [5, 5.41) is 11.7. The molecule has 0 saturated carbocycles. The molecule has 21 heavy (non-hydrogen) atoms. The summed E-state index contributed by atoms with van der Waals surface area (Å²) in [4.78, 5) is 24.9.